The van der Waals surface area contributed by atoms with Gasteiger partial charge in [0.25, 0.3) is 0 Å². The topological polar surface area (TPSA) is 40.9 Å². The van der Waals surface area contributed by atoms with Gasteiger partial charge in [-0.05, 0) is 18.2 Å². The smallest absolute Gasteiger partial charge is 0.186 e. The normalized spacial score (nSPS) is 11.7. The Morgan fingerprint density at radius 2 is 1.85 bits per heavy atom. The number of nitrogens with zero attached hydrogens (tertiary/aromatic N) is 1. The highest BCUT2D eigenvalue weighted by atomic mass is 35.5. The maximum Gasteiger partial charge on any atom is 0.186 e. The van der Waals surface area contributed by atoms with Gasteiger partial charge in [0.1, 0.15) is 11.7 Å². The lowest BCUT2D eigenvalue weighted by atomic mass is 9.91. The maximum atomic E-state index is 13.7. The van der Waals surface area contributed by atoms with Crippen LogP contribution in [0.5, 0.6) is 0 Å². The van der Waals surface area contributed by atoms with Crippen LogP contribution in [-0.2, 0) is 0 Å². The van der Waals surface area contributed by atoms with Crippen LogP contribution in [0.15, 0.2) is 42.5 Å². The number of carbonyl (C=O) groups is 1. The lowest BCUT2D eigenvalue weighted by Gasteiger charge is -2.11. The highest BCUT2D eigenvalue weighted by molar-refractivity contribution is 6.44. The zero-order valence-electron chi connectivity index (χ0n) is 10.1. The minimum atomic E-state index is -1.26. The quantitative estimate of drug-likeness (QED) is 0.776. The van der Waals surface area contributed by atoms with Gasteiger partial charge in [0.2, 0.25) is 0 Å². The molecule has 0 aliphatic heterocycles. The summed E-state index contributed by atoms with van der Waals surface area (Å²) in [5.74, 6) is -2.44. The van der Waals surface area contributed by atoms with Crippen LogP contribution in [0.2, 0.25) is 10.0 Å². The maximum absolute atomic E-state index is 13.7. The molecule has 2 rings (SSSR count). The summed E-state index contributed by atoms with van der Waals surface area (Å²) in [7, 11) is 0. The van der Waals surface area contributed by atoms with Gasteiger partial charge < -0.3 is 0 Å². The Bertz CT molecular complexity index is 709. The molecule has 2 nitrogen and oxygen atoms in total. The zero-order valence-corrected chi connectivity index (χ0v) is 11.6. The molecule has 0 N–H and O–H groups in total. The van der Waals surface area contributed by atoms with E-state index in [1.54, 1.807) is 12.1 Å². The predicted molar refractivity (Wildman–Crippen MR) is 75.5 cm³/mol. The molecule has 0 heterocycles. The first kappa shape index (κ1) is 14.5. The minimum Gasteiger partial charge on any atom is -0.292 e. The molecule has 0 saturated heterocycles. The summed E-state index contributed by atoms with van der Waals surface area (Å²) in [6, 6.07) is 12.0. The third-order valence-corrected chi connectivity index (χ3v) is 3.64. The number of hydrogen-bond acceptors (Lipinski definition) is 2. The molecular formula is C15H8Cl2FNO. The molecule has 0 bridgehead atoms. The first-order valence-electron chi connectivity index (χ1n) is 5.68. The summed E-state index contributed by atoms with van der Waals surface area (Å²) < 4.78 is 13.7. The van der Waals surface area contributed by atoms with E-state index in [2.05, 4.69) is 0 Å². The van der Waals surface area contributed by atoms with Crippen LogP contribution >= 0.6 is 23.2 Å². The van der Waals surface area contributed by atoms with E-state index in [0.29, 0.717) is 0 Å². The second kappa shape index (κ2) is 6.04. The predicted octanol–water partition coefficient (Wildman–Crippen LogP) is 4.62. The molecular weight excluding hydrogens is 300 g/mol. The van der Waals surface area contributed by atoms with Gasteiger partial charge in [-0.25, -0.2) is 4.39 Å². The van der Waals surface area contributed by atoms with Gasteiger partial charge in [-0.2, -0.15) is 5.26 Å². The lowest BCUT2D eigenvalue weighted by Crippen LogP contribution is -2.13. The number of hydrogen-bond donors (Lipinski definition) is 0. The van der Waals surface area contributed by atoms with Gasteiger partial charge in [0.15, 0.2) is 5.78 Å². The van der Waals surface area contributed by atoms with E-state index in [1.165, 1.54) is 30.3 Å². The van der Waals surface area contributed by atoms with Crippen molar-refractivity contribution in [2.45, 2.75) is 5.92 Å². The molecule has 0 radical (unpaired) electrons. The Morgan fingerprint density at radius 3 is 2.50 bits per heavy atom. The Kier molecular flexibility index (Phi) is 4.39. The summed E-state index contributed by atoms with van der Waals surface area (Å²) in [5, 5.41) is 9.46. The van der Waals surface area contributed by atoms with Crippen molar-refractivity contribution in [3.05, 3.63) is 69.5 Å². The van der Waals surface area contributed by atoms with Crippen molar-refractivity contribution >= 4 is 29.0 Å². The van der Waals surface area contributed by atoms with Crippen LogP contribution in [-0.4, -0.2) is 5.78 Å². The molecule has 0 saturated carbocycles. The van der Waals surface area contributed by atoms with Crippen molar-refractivity contribution in [3.63, 3.8) is 0 Å². The van der Waals surface area contributed by atoms with E-state index < -0.39 is 17.5 Å². The monoisotopic (exact) mass is 307 g/mol. The van der Waals surface area contributed by atoms with E-state index in [0.717, 1.165) is 0 Å². The lowest BCUT2D eigenvalue weighted by molar-refractivity contribution is 0.0977. The highest BCUT2D eigenvalue weighted by Gasteiger charge is 2.26. The molecule has 2 aromatic rings. The second-order valence-corrected chi connectivity index (χ2v) is 4.83. The summed E-state index contributed by atoms with van der Waals surface area (Å²) in [5.41, 5.74) is 0.130. The van der Waals surface area contributed by atoms with Crippen LogP contribution in [0.3, 0.4) is 0 Å². The molecule has 0 aromatic heterocycles. The molecule has 5 heteroatoms. The summed E-state index contributed by atoms with van der Waals surface area (Å²) >= 11 is 11.8. The van der Waals surface area contributed by atoms with E-state index in [1.807, 2.05) is 6.07 Å². The van der Waals surface area contributed by atoms with Gasteiger partial charge in [-0.15, -0.1) is 0 Å². The fourth-order valence-corrected chi connectivity index (χ4v) is 2.22. The van der Waals surface area contributed by atoms with Crippen LogP contribution in [0, 0.1) is 17.1 Å². The number of halogens is 3. The van der Waals surface area contributed by atoms with Crippen molar-refractivity contribution < 1.29 is 9.18 Å². The Labute approximate surface area is 125 Å². The first-order chi connectivity index (χ1) is 9.56. The largest absolute Gasteiger partial charge is 0.292 e. The van der Waals surface area contributed by atoms with Crippen LogP contribution < -0.4 is 0 Å². The van der Waals surface area contributed by atoms with Crippen LogP contribution in [0.4, 0.5) is 4.39 Å². The standard InChI is InChI=1S/C15H8Cl2FNO/c16-12-6-3-5-10(14(12)17)15(20)11(8-19)9-4-1-2-7-13(9)18/h1-7,11H. The van der Waals surface area contributed by atoms with Crippen molar-refractivity contribution in [2.75, 3.05) is 0 Å². The van der Waals surface area contributed by atoms with Crippen LogP contribution in [0.1, 0.15) is 21.8 Å². The van der Waals surface area contributed by atoms with E-state index in [4.69, 9.17) is 23.2 Å². The number of benzene rings is 2. The number of ketones is 1. The fraction of sp³-hybridized carbons (Fsp3) is 0.0667. The molecule has 0 aliphatic carbocycles. The van der Waals surface area contributed by atoms with E-state index in [9.17, 15) is 14.4 Å². The second-order valence-electron chi connectivity index (χ2n) is 4.05. The van der Waals surface area contributed by atoms with Gasteiger partial charge in [-0.3, -0.25) is 4.79 Å². The third-order valence-electron chi connectivity index (χ3n) is 2.82. The fourth-order valence-electron chi connectivity index (χ4n) is 1.83. The number of Topliss-reactive ketones (excluding diaryl/α,β-unsaturated/α-hetero) is 1. The SMILES string of the molecule is N#CC(C(=O)c1cccc(Cl)c1Cl)c1ccccc1F. The van der Waals surface area contributed by atoms with Crippen molar-refractivity contribution in [2.24, 2.45) is 0 Å². The summed E-state index contributed by atoms with van der Waals surface area (Å²) in [4.78, 5) is 12.4. The number of nitriles is 1. The molecule has 2 aromatic carbocycles. The van der Waals surface area contributed by atoms with Gasteiger partial charge in [0, 0.05) is 11.1 Å². The average molecular weight is 308 g/mol. The van der Waals surface area contributed by atoms with E-state index in [-0.39, 0.29) is 21.2 Å². The molecule has 0 amide bonds. The minimum absolute atomic E-state index is 0.0241. The number of carbonyl (C=O) groups excluding carboxylic acids is 1. The Balaban J connectivity index is 2.49. The molecule has 1 atom stereocenters. The molecule has 0 aliphatic rings. The molecule has 1 unspecified atom stereocenters. The van der Waals surface area contributed by atoms with Crippen LogP contribution in [0.25, 0.3) is 0 Å². The number of rotatable bonds is 3. The third kappa shape index (κ3) is 2.67. The Morgan fingerprint density at radius 1 is 1.15 bits per heavy atom. The van der Waals surface area contributed by atoms with Crippen molar-refractivity contribution in [1.29, 1.82) is 5.26 Å². The first-order valence-corrected chi connectivity index (χ1v) is 6.44. The van der Waals surface area contributed by atoms with E-state index >= 15 is 0 Å². The van der Waals surface area contributed by atoms with Gasteiger partial charge in [0.05, 0.1) is 16.1 Å². The van der Waals surface area contributed by atoms with Crippen molar-refractivity contribution in [1.82, 2.24) is 0 Å². The van der Waals surface area contributed by atoms with Gasteiger partial charge >= 0.3 is 0 Å². The summed E-state index contributed by atoms with van der Waals surface area (Å²) in [6.07, 6.45) is 0. The molecule has 0 fully saturated rings. The molecule has 20 heavy (non-hydrogen) atoms. The average Bonchev–Trinajstić information content (AvgIpc) is 2.44. The molecule has 100 valence electrons. The van der Waals surface area contributed by atoms with Gasteiger partial charge in [-0.1, -0.05) is 47.5 Å². The Hall–Kier alpha value is -1.89. The molecule has 0 spiro atoms. The highest BCUT2D eigenvalue weighted by Crippen LogP contribution is 2.30. The zero-order chi connectivity index (χ0) is 14.7. The van der Waals surface area contributed by atoms with Crippen molar-refractivity contribution in [3.8, 4) is 6.07 Å². The summed E-state index contributed by atoms with van der Waals surface area (Å²) in [6.45, 7) is 0.